The molecule has 0 fully saturated rings. The molecular weight excluding hydrogens is 267 g/mol. The summed E-state index contributed by atoms with van der Waals surface area (Å²) in [5.41, 5.74) is 0.451. The Bertz CT molecular complexity index is 572. The smallest absolute Gasteiger partial charge is 0.134 e. The Hall–Kier alpha value is -1.75. The predicted octanol–water partition coefficient (Wildman–Crippen LogP) is 4.09. The van der Waals surface area contributed by atoms with Gasteiger partial charge in [-0.1, -0.05) is 6.92 Å². The normalized spacial score (nSPS) is 12.7. The molecule has 0 aliphatic heterocycles. The molecule has 1 aromatic carbocycles. The Morgan fingerprint density at radius 3 is 2.35 bits per heavy atom. The Labute approximate surface area is 115 Å². The van der Waals surface area contributed by atoms with Crippen LogP contribution in [0.15, 0.2) is 28.9 Å². The van der Waals surface area contributed by atoms with Crippen molar-refractivity contribution in [2.45, 2.75) is 26.3 Å². The van der Waals surface area contributed by atoms with Gasteiger partial charge in [-0.05, 0) is 26.0 Å². The molecule has 0 saturated heterocycles. The summed E-state index contributed by atoms with van der Waals surface area (Å²) in [5.74, 6) is -2.17. The lowest BCUT2D eigenvalue weighted by Gasteiger charge is -2.20. The molecule has 0 bridgehead atoms. The molecule has 5 heteroatoms. The molecule has 0 spiro atoms. The average Bonchev–Trinajstić information content (AvgIpc) is 2.78. The van der Waals surface area contributed by atoms with Gasteiger partial charge in [0, 0.05) is 23.3 Å². The fraction of sp³-hybridized carbons (Fsp3) is 0.333. The van der Waals surface area contributed by atoms with Crippen LogP contribution in [0.3, 0.4) is 0 Å². The minimum atomic E-state index is -0.929. The van der Waals surface area contributed by atoms with Crippen molar-refractivity contribution in [2.75, 3.05) is 6.54 Å². The van der Waals surface area contributed by atoms with Gasteiger partial charge in [0.1, 0.15) is 23.2 Å². The van der Waals surface area contributed by atoms with Crippen molar-refractivity contribution >= 4 is 0 Å². The summed E-state index contributed by atoms with van der Waals surface area (Å²) in [6, 6.07) is 2.34. The molecule has 0 radical (unpaired) electrons. The Morgan fingerprint density at radius 2 is 1.85 bits per heavy atom. The number of rotatable bonds is 5. The summed E-state index contributed by atoms with van der Waals surface area (Å²) >= 11 is 0. The third kappa shape index (κ3) is 2.88. The molecule has 0 saturated carbocycles. The number of halogens is 3. The first-order valence-corrected chi connectivity index (χ1v) is 6.46. The highest BCUT2D eigenvalue weighted by Gasteiger charge is 2.25. The second-order valence-electron chi connectivity index (χ2n) is 4.60. The van der Waals surface area contributed by atoms with E-state index in [1.807, 2.05) is 6.92 Å². The van der Waals surface area contributed by atoms with Crippen LogP contribution in [-0.2, 0) is 0 Å². The SMILES string of the molecule is CCCNC(c1ccoc1C)c1c(F)cc(F)cc1F. The fourth-order valence-corrected chi connectivity index (χ4v) is 2.18. The fourth-order valence-electron chi connectivity index (χ4n) is 2.18. The lowest BCUT2D eigenvalue weighted by Crippen LogP contribution is -2.25. The lowest BCUT2D eigenvalue weighted by molar-refractivity contribution is 0.477. The van der Waals surface area contributed by atoms with Crippen LogP contribution in [-0.4, -0.2) is 6.54 Å². The summed E-state index contributed by atoms with van der Waals surface area (Å²) in [7, 11) is 0. The van der Waals surface area contributed by atoms with Gasteiger partial charge in [-0.25, -0.2) is 13.2 Å². The first kappa shape index (κ1) is 14.7. The van der Waals surface area contributed by atoms with E-state index in [1.165, 1.54) is 6.26 Å². The van der Waals surface area contributed by atoms with Gasteiger partial charge in [0.05, 0.1) is 12.3 Å². The lowest BCUT2D eigenvalue weighted by atomic mass is 9.97. The van der Waals surface area contributed by atoms with Gasteiger partial charge in [0.15, 0.2) is 0 Å². The quantitative estimate of drug-likeness (QED) is 0.894. The van der Waals surface area contributed by atoms with Crippen molar-refractivity contribution in [1.29, 1.82) is 0 Å². The highest BCUT2D eigenvalue weighted by atomic mass is 19.1. The van der Waals surface area contributed by atoms with E-state index in [0.29, 0.717) is 30.0 Å². The van der Waals surface area contributed by atoms with Crippen LogP contribution in [0, 0.1) is 24.4 Å². The summed E-state index contributed by atoms with van der Waals surface area (Å²) in [5, 5.41) is 3.07. The molecule has 2 aromatic rings. The Balaban J connectivity index is 2.50. The Kier molecular flexibility index (Phi) is 4.49. The summed E-state index contributed by atoms with van der Waals surface area (Å²) in [6.45, 7) is 4.24. The molecule has 0 aliphatic rings. The molecule has 20 heavy (non-hydrogen) atoms. The van der Waals surface area contributed by atoms with Gasteiger partial charge in [0.2, 0.25) is 0 Å². The number of aryl methyl sites for hydroxylation is 1. The summed E-state index contributed by atoms with van der Waals surface area (Å²) < 4.78 is 46.1. The second kappa shape index (κ2) is 6.13. The molecule has 1 heterocycles. The first-order chi connectivity index (χ1) is 9.54. The molecule has 0 aliphatic carbocycles. The van der Waals surface area contributed by atoms with E-state index < -0.39 is 23.5 Å². The van der Waals surface area contributed by atoms with Crippen molar-refractivity contribution in [1.82, 2.24) is 5.32 Å². The van der Waals surface area contributed by atoms with Crippen LogP contribution >= 0.6 is 0 Å². The van der Waals surface area contributed by atoms with Gasteiger partial charge in [-0.2, -0.15) is 0 Å². The maximum atomic E-state index is 14.0. The molecule has 1 N–H and O–H groups in total. The van der Waals surface area contributed by atoms with Crippen LogP contribution in [0.2, 0.25) is 0 Å². The van der Waals surface area contributed by atoms with Gasteiger partial charge >= 0.3 is 0 Å². The second-order valence-corrected chi connectivity index (χ2v) is 4.60. The minimum Gasteiger partial charge on any atom is -0.469 e. The van der Waals surface area contributed by atoms with Gasteiger partial charge in [-0.15, -0.1) is 0 Å². The highest BCUT2D eigenvalue weighted by molar-refractivity contribution is 5.35. The van der Waals surface area contributed by atoms with Gasteiger partial charge in [-0.3, -0.25) is 0 Å². The summed E-state index contributed by atoms with van der Waals surface area (Å²) in [6.07, 6.45) is 2.27. The van der Waals surface area contributed by atoms with E-state index in [0.717, 1.165) is 6.42 Å². The van der Waals surface area contributed by atoms with Gasteiger partial charge < -0.3 is 9.73 Å². The van der Waals surface area contributed by atoms with Crippen molar-refractivity contribution in [2.24, 2.45) is 0 Å². The van der Waals surface area contributed by atoms with E-state index in [2.05, 4.69) is 5.32 Å². The standard InChI is InChI=1S/C15H16F3NO/c1-3-5-19-15(11-4-6-20-9(11)2)14-12(17)7-10(16)8-13(14)18/h4,6-8,15,19H,3,5H2,1-2H3. The zero-order valence-corrected chi connectivity index (χ0v) is 11.3. The van der Waals surface area contributed by atoms with E-state index in [-0.39, 0.29) is 5.56 Å². The number of hydrogen-bond acceptors (Lipinski definition) is 2. The average molecular weight is 283 g/mol. The zero-order chi connectivity index (χ0) is 14.7. The molecule has 1 unspecified atom stereocenters. The third-order valence-corrected chi connectivity index (χ3v) is 3.14. The molecule has 108 valence electrons. The van der Waals surface area contributed by atoms with Crippen LogP contribution in [0.1, 0.15) is 36.3 Å². The van der Waals surface area contributed by atoms with E-state index in [4.69, 9.17) is 4.42 Å². The van der Waals surface area contributed by atoms with Gasteiger partial charge in [0.25, 0.3) is 0 Å². The minimum absolute atomic E-state index is 0.190. The number of hydrogen-bond donors (Lipinski definition) is 1. The maximum Gasteiger partial charge on any atom is 0.134 e. The van der Waals surface area contributed by atoms with Crippen molar-refractivity contribution < 1.29 is 17.6 Å². The topological polar surface area (TPSA) is 25.2 Å². The highest BCUT2D eigenvalue weighted by Crippen LogP contribution is 2.30. The molecular formula is C15H16F3NO. The largest absolute Gasteiger partial charge is 0.469 e. The molecule has 2 nitrogen and oxygen atoms in total. The van der Waals surface area contributed by atoms with Crippen molar-refractivity contribution in [3.05, 3.63) is 58.8 Å². The van der Waals surface area contributed by atoms with E-state index >= 15 is 0 Å². The third-order valence-electron chi connectivity index (χ3n) is 3.14. The van der Waals surface area contributed by atoms with Crippen molar-refractivity contribution in [3.63, 3.8) is 0 Å². The van der Waals surface area contributed by atoms with E-state index in [9.17, 15) is 13.2 Å². The van der Waals surface area contributed by atoms with Crippen LogP contribution in [0.25, 0.3) is 0 Å². The number of benzene rings is 1. The van der Waals surface area contributed by atoms with Crippen LogP contribution < -0.4 is 5.32 Å². The van der Waals surface area contributed by atoms with Crippen LogP contribution in [0.4, 0.5) is 13.2 Å². The maximum absolute atomic E-state index is 14.0. The van der Waals surface area contributed by atoms with Crippen molar-refractivity contribution in [3.8, 4) is 0 Å². The Morgan fingerprint density at radius 1 is 1.20 bits per heavy atom. The predicted molar refractivity (Wildman–Crippen MR) is 69.9 cm³/mol. The molecule has 2 rings (SSSR count). The van der Waals surface area contributed by atoms with Crippen LogP contribution in [0.5, 0.6) is 0 Å². The number of nitrogens with one attached hydrogen (secondary N) is 1. The monoisotopic (exact) mass is 283 g/mol. The molecule has 1 aromatic heterocycles. The number of furan rings is 1. The molecule has 1 atom stereocenters. The molecule has 0 amide bonds. The zero-order valence-electron chi connectivity index (χ0n) is 11.3. The van der Waals surface area contributed by atoms with E-state index in [1.54, 1.807) is 13.0 Å². The first-order valence-electron chi connectivity index (χ1n) is 6.46. The summed E-state index contributed by atoms with van der Waals surface area (Å²) in [4.78, 5) is 0.